The van der Waals surface area contributed by atoms with Crippen molar-refractivity contribution in [2.75, 3.05) is 13.1 Å². The normalized spacial score (nSPS) is 11.7. The van der Waals surface area contributed by atoms with Gasteiger partial charge in [-0.05, 0) is 43.7 Å². The van der Waals surface area contributed by atoms with E-state index in [1.807, 2.05) is 56.3 Å². The van der Waals surface area contributed by atoms with E-state index >= 15 is 0 Å². The van der Waals surface area contributed by atoms with Crippen LogP contribution < -0.4 is 5.32 Å². The molecule has 26 heavy (non-hydrogen) atoms. The van der Waals surface area contributed by atoms with E-state index in [1.54, 1.807) is 17.0 Å². The van der Waals surface area contributed by atoms with Gasteiger partial charge in [-0.2, -0.15) is 0 Å². The number of nitrogens with one attached hydrogen (secondary N) is 1. The number of amides is 2. The Hall–Kier alpha value is -1.98. The first-order valence-corrected chi connectivity index (χ1v) is 9.77. The lowest BCUT2D eigenvalue weighted by Crippen LogP contribution is -2.43. The molecule has 0 fully saturated rings. The second-order valence-electron chi connectivity index (χ2n) is 5.83. The maximum absolute atomic E-state index is 12.6. The van der Waals surface area contributed by atoms with Crippen molar-refractivity contribution in [2.24, 2.45) is 0 Å². The average Bonchev–Trinajstić information content (AvgIpc) is 2.66. The van der Waals surface area contributed by atoms with Gasteiger partial charge in [-0.15, -0.1) is 11.8 Å². The largest absolute Gasteiger partial charge is 0.350 e. The molecule has 0 saturated heterocycles. The monoisotopic (exact) mass is 390 g/mol. The van der Waals surface area contributed by atoms with Gasteiger partial charge >= 0.3 is 0 Å². The minimum atomic E-state index is -0.249. The van der Waals surface area contributed by atoms with Gasteiger partial charge in [0.25, 0.3) is 0 Å². The highest BCUT2D eigenvalue weighted by atomic mass is 35.5. The lowest BCUT2D eigenvalue weighted by Gasteiger charge is -2.23. The Kier molecular flexibility index (Phi) is 8.01. The predicted molar refractivity (Wildman–Crippen MR) is 107 cm³/mol. The summed E-state index contributed by atoms with van der Waals surface area (Å²) >= 11 is 7.35. The molecule has 0 aliphatic rings. The van der Waals surface area contributed by atoms with Gasteiger partial charge < -0.3 is 10.2 Å². The van der Waals surface area contributed by atoms with Gasteiger partial charge in [-0.3, -0.25) is 9.59 Å². The maximum atomic E-state index is 12.6. The molecular weight excluding hydrogens is 368 g/mol. The van der Waals surface area contributed by atoms with Gasteiger partial charge in [-0.25, -0.2) is 0 Å². The summed E-state index contributed by atoms with van der Waals surface area (Å²) in [6.07, 6.45) is 0. The number of hydrogen-bond donors (Lipinski definition) is 1. The molecule has 0 unspecified atom stereocenters. The average molecular weight is 391 g/mol. The zero-order valence-corrected chi connectivity index (χ0v) is 16.5. The van der Waals surface area contributed by atoms with E-state index in [9.17, 15) is 9.59 Å². The third-order valence-electron chi connectivity index (χ3n) is 3.83. The van der Waals surface area contributed by atoms with Crippen LogP contribution in [-0.4, -0.2) is 35.1 Å². The molecular formula is C20H23ClN2O2S. The van der Waals surface area contributed by atoms with Crippen molar-refractivity contribution in [2.45, 2.75) is 30.5 Å². The van der Waals surface area contributed by atoms with Crippen LogP contribution in [0.3, 0.4) is 0 Å². The summed E-state index contributed by atoms with van der Waals surface area (Å²) in [5, 5.41) is 3.26. The molecule has 0 spiro atoms. The van der Waals surface area contributed by atoms with Crippen molar-refractivity contribution in [1.82, 2.24) is 10.2 Å². The zero-order chi connectivity index (χ0) is 18.9. The summed E-state index contributed by atoms with van der Waals surface area (Å²) in [7, 11) is 0. The summed E-state index contributed by atoms with van der Waals surface area (Å²) in [5.74, 6) is -0.213. The number of carbonyl (C=O) groups excluding carboxylic acids is 2. The number of carbonyl (C=O) groups is 2. The van der Waals surface area contributed by atoms with E-state index in [2.05, 4.69) is 5.32 Å². The lowest BCUT2D eigenvalue weighted by atomic mass is 10.2. The van der Waals surface area contributed by atoms with Crippen molar-refractivity contribution in [3.63, 3.8) is 0 Å². The van der Waals surface area contributed by atoms with Crippen molar-refractivity contribution in [3.8, 4) is 0 Å². The SMILES string of the molecule is CCN(CC(=O)NCc1ccc(Cl)cc1)C(=O)[C@H](C)Sc1ccccc1. The number of halogens is 1. The fraction of sp³-hybridized carbons (Fsp3) is 0.300. The molecule has 2 rings (SSSR count). The van der Waals surface area contributed by atoms with E-state index in [-0.39, 0.29) is 23.6 Å². The molecule has 0 heterocycles. The van der Waals surface area contributed by atoms with Crippen LogP contribution in [-0.2, 0) is 16.1 Å². The minimum absolute atomic E-state index is 0.0389. The van der Waals surface area contributed by atoms with Crippen LogP contribution in [0.5, 0.6) is 0 Å². The Morgan fingerprint density at radius 3 is 2.38 bits per heavy atom. The first-order valence-electron chi connectivity index (χ1n) is 8.51. The highest BCUT2D eigenvalue weighted by molar-refractivity contribution is 8.00. The quantitative estimate of drug-likeness (QED) is 0.693. The van der Waals surface area contributed by atoms with Crippen LogP contribution in [0, 0.1) is 0 Å². The first-order chi connectivity index (χ1) is 12.5. The molecule has 0 bridgehead atoms. The standard InChI is InChI=1S/C20H23ClN2O2S/c1-3-23(20(25)15(2)26-18-7-5-4-6-8-18)14-19(24)22-13-16-9-11-17(21)12-10-16/h4-12,15H,3,13-14H2,1-2H3,(H,22,24)/t15-/m0/s1. The molecule has 0 radical (unpaired) electrons. The smallest absolute Gasteiger partial charge is 0.239 e. The number of likely N-dealkylation sites (N-methyl/N-ethyl adjacent to an activating group) is 1. The molecule has 1 atom stereocenters. The molecule has 1 N–H and O–H groups in total. The number of hydrogen-bond acceptors (Lipinski definition) is 3. The number of benzene rings is 2. The van der Waals surface area contributed by atoms with Gasteiger partial charge in [-0.1, -0.05) is 41.9 Å². The third-order valence-corrected chi connectivity index (χ3v) is 5.19. The Labute approximate surface area is 163 Å². The predicted octanol–water partition coefficient (Wildman–Crippen LogP) is 3.99. The molecule has 2 aromatic carbocycles. The maximum Gasteiger partial charge on any atom is 0.239 e. The van der Waals surface area contributed by atoms with Crippen molar-refractivity contribution >= 4 is 35.2 Å². The molecule has 0 aromatic heterocycles. The van der Waals surface area contributed by atoms with Crippen molar-refractivity contribution in [1.29, 1.82) is 0 Å². The molecule has 0 saturated carbocycles. The number of rotatable bonds is 8. The Morgan fingerprint density at radius 2 is 1.77 bits per heavy atom. The van der Waals surface area contributed by atoms with Gasteiger partial charge in [0.15, 0.2) is 0 Å². The topological polar surface area (TPSA) is 49.4 Å². The Balaban J connectivity index is 1.85. The van der Waals surface area contributed by atoms with Crippen molar-refractivity contribution in [3.05, 3.63) is 65.2 Å². The summed E-state index contributed by atoms with van der Waals surface area (Å²) in [5.41, 5.74) is 0.963. The lowest BCUT2D eigenvalue weighted by molar-refractivity contribution is -0.135. The zero-order valence-electron chi connectivity index (χ0n) is 14.9. The second kappa shape index (κ2) is 10.2. The van der Waals surface area contributed by atoms with E-state index < -0.39 is 0 Å². The summed E-state index contributed by atoms with van der Waals surface area (Å²) < 4.78 is 0. The van der Waals surface area contributed by atoms with Gasteiger partial charge in [0.1, 0.15) is 0 Å². The Morgan fingerprint density at radius 1 is 1.12 bits per heavy atom. The highest BCUT2D eigenvalue weighted by Crippen LogP contribution is 2.24. The molecule has 2 amide bonds. The van der Waals surface area contributed by atoms with E-state index in [0.29, 0.717) is 18.1 Å². The molecule has 6 heteroatoms. The van der Waals surface area contributed by atoms with E-state index in [1.165, 1.54) is 11.8 Å². The molecule has 138 valence electrons. The number of thioether (sulfide) groups is 1. The molecule has 0 aliphatic carbocycles. The highest BCUT2D eigenvalue weighted by Gasteiger charge is 2.22. The van der Waals surface area contributed by atoms with Crippen LogP contribution in [0.4, 0.5) is 0 Å². The fourth-order valence-corrected chi connectivity index (χ4v) is 3.49. The minimum Gasteiger partial charge on any atom is -0.350 e. The number of nitrogens with zero attached hydrogens (tertiary/aromatic N) is 1. The first kappa shape index (κ1) is 20.3. The third kappa shape index (κ3) is 6.39. The fourth-order valence-electron chi connectivity index (χ4n) is 2.39. The van der Waals surface area contributed by atoms with Crippen molar-refractivity contribution < 1.29 is 9.59 Å². The molecule has 2 aromatic rings. The Bertz CT molecular complexity index is 722. The van der Waals surface area contributed by atoms with Gasteiger partial charge in [0, 0.05) is 23.0 Å². The van der Waals surface area contributed by atoms with Gasteiger partial charge in [0.05, 0.1) is 11.8 Å². The summed E-state index contributed by atoms with van der Waals surface area (Å²) in [6, 6.07) is 17.1. The second-order valence-corrected chi connectivity index (χ2v) is 7.68. The van der Waals surface area contributed by atoms with Crippen LogP contribution in [0.15, 0.2) is 59.5 Å². The molecule has 4 nitrogen and oxygen atoms in total. The van der Waals surface area contributed by atoms with Crippen LogP contribution in [0.1, 0.15) is 19.4 Å². The summed E-state index contributed by atoms with van der Waals surface area (Å²) in [6.45, 7) is 4.71. The van der Waals surface area contributed by atoms with Crippen LogP contribution >= 0.6 is 23.4 Å². The van der Waals surface area contributed by atoms with E-state index in [0.717, 1.165) is 10.5 Å². The van der Waals surface area contributed by atoms with Crippen LogP contribution in [0.25, 0.3) is 0 Å². The summed E-state index contributed by atoms with van der Waals surface area (Å²) in [4.78, 5) is 27.5. The van der Waals surface area contributed by atoms with Crippen LogP contribution in [0.2, 0.25) is 5.02 Å². The van der Waals surface area contributed by atoms with Gasteiger partial charge in [0.2, 0.25) is 11.8 Å². The van der Waals surface area contributed by atoms with E-state index in [4.69, 9.17) is 11.6 Å². The molecule has 0 aliphatic heterocycles.